The molecule has 2 rings (SSSR count). The van der Waals surface area contributed by atoms with Gasteiger partial charge in [-0.15, -0.1) is 0 Å². The fourth-order valence-electron chi connectivity index (χ4n) is 1.65. The van der Waals surface area contributed by atoms with E-state index in [1.807, 2.05) is 0 Å². The molecule has 0 N–H and O–H groups in total. The van der Waals surface area contributed by atoms with Crippen molar-refractivity contribution < 1.29 is 18.3 Å². The number of ether oxygens (including phenoxy) is 1. The average Bonchev–Trinajstić information content (AvgIpc) is 2.39. The first-order valence-electron chi connectivity index (χ1n) is 5.24. The van der Waals surface area contributed by atoms with Gasteiger partial charge in [0.25, 0.3) is 0 Å². The fraction of sp³-hybridized carbons (Fsp3) is 0.0714. The molecule has 0 spiro atoms. The molecule has 0 unspecified atom stereocenters. The van der Waals surface area contributed by atoms with Crippen LogP contribution in [0.2, 0.25) is 0 Å². The first-order chi connectivity index (χ1) is 8.70. The van der Waals surface area contributed by atoms with Gasteiger partial charge in [0, 0.05) is 0 Å². The smallest absolute Gasteiger partial charge is 0.418 e. The van der Waals surface area contributed by atoms with E-state index in [1.54, 1.807) is 0 Å². The van der Waals surface area contributed by atoms with Gasteiger partial charge in [-0.25, -0.2) is 13.6 Å². The highest BCUT2D eigenvalue weighted by atomic mass is 19.1. The Morgan fingerprint density at radius 1 is 0.833 bits per heavy atom. The second kappa shape index (κ2) is 5.40. The summed E-state index contributed by atoms with van der Waals surface area (Å²) in [6.07, 6.45) is -0.719. The van der Waals surface area contributed by atoms with Gasteiger partial charge in [0.2, 0.25) is 0 Å². The van der Waals surface area contributed by atoms with Crippen molar-refractivity contribution in [2.24, 2.45) is 0 Å². The first kappa shape index (κ1) is 12.2. The normalized spacial score (nSPS) is 10.4. The fourth-order valence-corrected chi connectivity index (χ4v) is 1.65. The topological polar surface area (TPSA) is 26.3 Å². The Balaban J connectivity index is 2.35. The molecule has 91 valence electrons. The first-order valence-corrected chi connectivity index (χ1v) is 5.24. The maximum absolute atomic E-state index is 12.8. The van der Waals surface area contributed by atoms with Crippen molar-refractivity contribution in [1.82, 2.24) is 0 Å². The van der Waals surface area contributed by atoms with E-state index < -0.39 is 6.10 Å². The predicted octanol–water partition coefficient (Wildman–Crippen LogP) is 3.14. The molecule has 0 aliphatic carbocycles. The Labute approximate surface area is 103 Å². The van der Waals surface area contributed by atoms with Crippen LogP contribution in [0.3, 0.4) is 0 Å². The molecular weight excluding hydrogens is 238 g/mol. The molecule has 2 aromatic carbocycles. The van der Waals surface area contributed by atoms with E-state index >= 15 is 0 Å². The average molecular weight is 247 g/mol. The van der Waals surface area contributed by atoms with Gasteiger partial charge < -0.3 is 4.74 Å². The molecule has 4 heteroatoms. The van der Waals surface area contributed by atoms with Crippen molar-refractivity contribution in [2.75, 3.05) is 0 Å². The van der Waals surface area contributed by atoms with Crippen LogP contribution in [0, 0.1) is 11.6 Å². The van der Waals surface area contributed by atoms with Crippen molar-refractivity contribution >= 4 is 6.47 Å². The minimum atomic E-state index is -0.719. The third-order valence-corrected chi connectivity index (χ3v) is 2.51. The number of benzene rings is 2. The van der Waals surface area contributed by atoms with Crippen LogP contribution in [0.5, 0.6) is 0 Å². The molecule has 1 radical (unpaired) electrons. The second-order valence-corrected chi connectivity index (χ2v) is 3.68. The van der Waals surface area contributed by atoms with Crippen LogP contribution >= 0.6 is 0 Å². The summed E-state index contributed by atoms with van der Waals surface area (Å²) in [5.41, 5.74) is 1.18. The van der Waals surface area contributed by atoms with E-state index in [0.717, 1.165) is 0 Å². The minimum absolute atomic E-state index is 0.383. The monoisotopic (exact) mass is 247 g/mol. The van der Waals surface area contributed by atoms with Crippen molar-refractivity contribution in [3.63, 3.8) is 0 Å². The van der Waals surface area contributed by atoms with Gasteiger partial charge in [0.05, 0.1) is 0 Å². The second-order valence-electron chi connectivity index (χ2n) is 3.68. The molecule has 2 nitrogen and oxygen atoms in total. The van der Waals surface area contributed by atoms with Crippen LogP contribution in [0.4, 0.5) is 8.78 Å². The van der Waals surface area contributed by atoms with E-state index in [0.29, 0.717) is 11.1 Å². The summed E-state index contributed by atoms with van der Waals surface area (Å²) in [5.74, 6) is -0.765. The van der Waals surface area contributed by atoms with Gasteiger partial charge >= 0.3 is 6.47 Å². The molecule has 0 heterocycles. The summed E-state index contributed by atoms with van der Waals surface area (Å²) >= 11 is 0. The predicted molar refractivity (Wildman–Crippen MR) is 61.4 cm³/mol. The Kier molecular flexibility index (Phi) is 3.67. The zero-order valence-corrected chi connectivity index (χ0v) is 9.27. The molecule has 0 amide bonds. The van der Waals surface area contributed by atoms with Gasteiger partial charge in [0.1, 0.15) is 11.6 Å². The van der Waals surface area contributed by atoms with Crippen molar-refractivity contribution in [3.05, 3.63) is 71.3 Å². The number of halogens is 2. The molecule has 0 atom stereocenters. The lowest BCUT2D eigenvalue weighted by molar-refractivity contribution is 0.216. The van der Waals surface area contributed by atoms with Crippen LogP contribution in [-0.2, 0) is 9.53 Å². The van der Waals surface area contributed by atoms with E-state index in [-0.39, 0.29) is 11.6 Å². The third-order valence-electron chi connectivity index (χ3n) is 2.51. The molecular formula is C14H9F2O2. The van der Waals surface area contributed by atoms with E-state index in [2.05, 4.69) is 0 Å². The zero-order valence-electron chi connectivity index (χ0n) is 9.27. The van der Waals surface area contributed by atoms with Gasteiger partial charge in [0.15, 0.2) is 6.10 Å². The Morgan fingerprint density at radius 2 is 1.22 bits per heavy atom. The number of hydrogen-bond donors (Lipinski definition) is 0. The van der Waals surface area contributed by atoms with E-state index in [9.17, 15) is 13.6 Å². The Bertz CT molecular complexity index is 475. The number of rotatable bonds is 4. The van der Waals surface area contributed by atoms with Gasteiger partial charge in [-0.05, 0) is 35.4 Å². The van der Waals surface area contributed by atoms with Crippen LogP contribution in [-0.4, -0.2) is 6.47 Å². The summed E-state index contributed by atoms with van der Waals surface area (Å²) in [7, 11) is 0. The lowest BCUT2D eigenvalue weighted by Crippen LogP contribution is -2.05. The maximum atomic E-state index is 12.8. The molecule has 0 bridgehead atoms. The quantitative estimate of drug-likeness (QED) is 0.829. The highest BCUT2D eigenvalue weighted by Gasteiger charge is 2.15. The SMILES string of the molecule is O=[C]OC(c1ccc(F)cc1)c1ccc(F)cc1. The molecule has 0 saturated carbocycles. The molecule has 2 aromatic rings. The standard InChI is InChI=1S/C14H9F2O2/c15-12-5-1-10(2-6-12)14(18-9-17)11-3-7-13(16)8-4-11/h1-8,14H. The number of hydrogen-bond acceptors (Lipinski definition) is 2. The molecule has 0 aliphatic heterocycles. The molecule has 0 fully saturated rings. The van der Waals surface area contributed by atoms with Crippen LogP contribution < -0.4 is 0 Å². The van der Waals surface area contributed by atoms with Gasteiger partial charge in [-0.2, -0.15) is 0 Å². The molecule has 18 heavy (non-hydrogen) atoms. The van der Waals surface area contributed by atoms with Crippen molar-refractivity contribution in [2.45, 2.75) is 6.10 Å². The lowest BCUT2D eigenvalue weighted by atomic mass is 10.0. The van der Waals surface area contributed by atoms with E-state index in [4.69, 9.17) is 4.74 Å². The highest BCUT2D eigenvalue weighted by Crippen LogP contribution is 2.25. The van der Waals surface area contributed by atoms with Gasteiger partial charge in [-0.3, -0.25) is 0 Å². The summed E-state index contributed by atoms with van der Waals surface area (Å²) < 4.78 is 30.5. The third kappa shape index (κ3) is 2.71. The maximum Gasteiger partial charge on any atom is 0.418 e. The Hall–Kier alpha value is -2.23. The molecule has 0 saturated heterocycles. The van der Waals surface area contributed by atoms with Crippen LogP contribution in [0.15, 0.2) is 48.5 Å². The minimum Gasteiger partial charge on any atom is -0.444 e. The summed E-state index contributed by atoms with van der Waals surface area (Å²) in [5, 5.41) is 0. The molecule has 0 aliphatic rings. The summed E-state index contributed by atoms with van der Waals surface area (Å²) in [6.45, 7) is 1.36. The Morgan fingerprint density at radius 3 is 1.56 bits per heavy atom. The van der Waals surface area contributed by atoms with E-state index in [1.165, 1.54) is 55.0 Å². The highest BCUT2D eigenvalue weighted by molar-refractivity contribution is 5.42. The van der Waals surface area contributed by atoms with Crippen molar-refractivity contribution in [3.8, 4) is 0 Å². The number of carbonyl (C=O) groups excluding carboxylic acids is 1. The molecule has 0 aromatic heterocycles. The summed E-state index contributed by atoms with van der Waals surface area (Å²) in [4.78, 5) is 10.4. The largest absolute Gasteiger partial charge is 0.444 e. The van der Waals surface area contributed by atoms with Crippen LogP contribution in [0.25, 0.3) is 0 Å². The van der Waals surface area contributed by atoms with Crippen molar-refractivity contribution in [1.29, 1.82) is 0 Å². The van der Waals surface area contributed by atoms with Crippen LogP contribution in [0.1, 0.15) is 17.2 Å². The summed E-state index contributed by atoms with van der Waals surface area (Å²) in [6, 6.07) is 11.1. The zero-order chi connectivity index (χ0) is 13.0. The lowest BCUT2D eigenvalue weighted by Gasteiger charge is -2.15. The van der Waals surface area contributed by atoms with Gasteiger partial charge in [-0.1, -0.05) is 24.3 Å².